The van der Waals surface area contributed by atoms with Crippen molar-refractivity contribution in [2.45, 2.75) is 20.4 Å². The molecule has 0 aliphatic heterocycles. The molecule has 0 unspecified atom stereocenters. The van der Waals surface area contributed by atoms with Crippen molar-refractivity contribution in [3.05, 3.63) is 88.6 Å². The fourth-order valence-corrected chi connectivity index (χ4v) is 4.56. The van der Waals surface area contributed by atoms with Gasteiger partial charge in [-0.2, -0.15) is 0 Å². The van der Waals surface area contributed by atoms with Gasteiger partial charge in [0.25, 0.3) is 0 Å². The largest absolute Gasteiger partial charge is 0.325 e. The van der Waals surface area contributed by atoms with Crippen LogP contribution in [0.25, 0.3) is 50.0 Å². The minimum Gasteiger partial charge on any atom is -0.325 e. The zero-order chi connectivity index (χ0) is 21.1. The molecular formula is C26H20N4O. The van der Waals surface area contributed by atoms with Crippen molar-refractivity contribution >= 4 is 38.6 Å². The van der Waals surface area contributed by atoms with Gasteiger partial charge in [-0.25, -0.2) is 9.97 Å². The average molecular weight is 404 g/mol. The SMILES string of the molecule is CCn1c2ccccc2c(=O)c2c1nc(-c1cccc(C)c1)n1c3ccccc3nc21. The monoisotopic (exact) mass is 404 g/mol. The van der Waals surface area contributed by atoms with Gasteiger partial charge in [-0.05, 0) is 44.2 Å². The Labute approximate surface area is 178 Å². The van der Waals surface area contributed by atoms with Crippen molar-refractivity contribution in [3.8, 4) is 11.4 Å². The van der Waals surface area contributed by atoms with Gasteiger partial charge < -0.3 is 4.57 Å². The van der Waals surface area contributed by atoms with Gasteiger partial charge in [-0.3, -0.25) is 9.20 Å². The van der Waals surface area contributed by atoms with Crippen LogP contribution in [-0.2, 0) is 6.54 Å². The number of benzene rings is 3. The molecule has 0 fully saturated rings. The van der Waals surface area contributed by atoms with Crippen molar-refractivity contribution < 1.29 is 0 Å². The Morgan fingerprint density at radius 3 is 2.42 bits per heavy atom. The molecule has 0 spiro atoms. The summed E-state index contributed by atoms with van der Waals surface area (Å²) in [5.74, 6) is 0.789. The van der Waals surface area contributed by atoms with E-state index in [9.17, 15) is 4.79 Å². The number of aryl methyl sites for hydroxylation is 2. The first-order valence-corrected chi connectivity index (χ1v) is 10.5. The minimum atomic E-state index is -0.0288. The molecule has 0 aliphatic carbocycles. The predicted octanol–water partition coefficient (Wildman–Crippen LogP) is 5.35. The van der Waals surface area contributed by atoms with E-state index in [1.54, 1.807) is 0 Å². The number of imidazole rings is 1. The lowest BCUT2D eigenvalue weighted by atomic mass is 10.1. The summed E-state index contributed by atoms with van der Waals surface area (Å²) < 4.78 is 4.15. The van der Waals surface area contributed by atoms with Crippen LogP contribution in [0.2, 0.25) is 0 Å². The first kappa shape index (κ1) is 17.8. The standard InChI is InChI=1S/C26H20N4O/c1-3-29-20-13-6-4-11-18(20)23(31)22-25(29)28-24(17-10-8-9-16(2)15-17)30-21-14-7-5-12-19(21)27-26(22)30/h4-15H,3H2,1-2H3. The van der Waals surface area contributed by atoms with E-state index in [-0.39, 0.29) is 5.43 Å². The highest BCUT2D eigenvalue weighted by Gasteiger charge is 2.20. The van der Waals surface area contributed by atoms with Crippen molar-refractivity contribution in [1.29, 1.82) is 0 Å². The van der Waals surface area contributed by atoms with Crippen LogP contribution in [0.1, 0.15) is 12.5 Å². The quantitative estimate of drug-likeness (QED) is 0.366. The van der Waals surface area contributed by atoms with Crippen LogP contribution in [0.3, 0.4) is 0 Å². The molecule has 0 atom stereocenters. The maximum absolute atomic E-state index is 13.6. The van der Waals surface area contributed by atoms with Crippen LogP contribution in [0.4, 0.5) is 0 Å². The summed E-state index contributed by atoms with van der Waals surface area (Å²) in [4.78, 5) is 23.7. The summed E-state index contributed by atoms with van der Waals surface area (Å²) in [5, 5.41) is 1.25. The average Bonchev–Trinajstić information content (AvgIpc) is 3.18. The fraction of sp³-hybridized carbons (Fsp3) is 0.115. The molecule has 3 aromatic heterocycles. The molecule has 5 heteroatoms. The predicted molar refractivity (Wildman–Crippen MR) is 126 cm³/mol. The molecule has 0 bridgehead atoms. The third-order valence-corrected chi connectivity index (χ3v) is 5.95. The molecule has 3 heterocycles. The zero-order valence-corrected chi connectivity index (χ0v) is 17.3. The van der Waals surface area contributed by atoms with Crippen LogP contribution >= 0.6 is 0 Å². The lowest BCUT2D eigenvalue weighted by molar-refractivity contribution is 0.808. The maximum atomic E-state index is 13.6. The number of hydrogen-bond donors (Lipinski definition) is 0. The second kappa shape index (κ2) is 6.51. The van der Waals surface area contributed by atoms with Crippen LogP contribution < -0.4 is 5.43 Å². The van der Waals surface area contributed by atoms with Gasteiger partial charge in [-0.1, -0.05) is 48.0 Å². The maximum Gasteiger partial charge on any atom is 0.202 e. The Hall–Kier alpha value is -3.99. The fourth-order valence-electron chi connectivity index (χ4n) is 4.56. The normalized spacial score (nSPS) is 11.8. The molecule has 0 aliphatic rings. The van der Waals surface area contributed by atoms with Gasteiger partial charge in [0.2, 0.25) is 5.43 Å². The first-order chi connectivity index (χ1) is 15.2. The van der Waals surface area contributed by atoms with Crippen molar-refractivity contribution in [1.82, 2.24) is 18.9 Å². The smallest absolute Gasteiger partial charge is 0.202 e. The summed E-state index contributed by atoms with van der Waals surface area (Å²) in [6.07, 6.45) is 0. The molecule has 6 rings (SSSR count). The van der Waals surface area contributed by atoms with Gasteiger partial charge in [0, 0.05) is 17.5 Å². The summed E-state index contributed by atoms with van der Waals surface area (Å²) in [6, 6.07) is 24.0. The molecule has 0 N–H and O–H groups in total. The van der Waals surface area contributed by atoms with Gasteiger partial charge in [0.1, 0.15) is 11.2 Å². The number of rotatable bonds is 2. The van der Waals surface area contributed by atoms with Crippen LogP contribution in [0.5, 0.6) is 0 Å². The molecule has 0 radical (unpaired) electrons. The lowest BCUT2D eigenvalue weighted by Gasteiger charge is -2.15. The Morgan fingerprint density at radius 1 is 0.839 bits per heavy atom. The summed E-state index contributed by atoms with van der Waals surface area (Å²) >= 11 is 0. The number of hydrogen-bond acceptors (Lipinski definition) is 3. The van der Waals surface area contributed by atoms with E-state index in [1.165, 1.54) is 0 Å². The number of aromatic nitrogens is 4. The Bertz CT molecular complexity index is 1710. The second-order valence-electron chi connectivity index (χ2n) is 7.85. The van der Waals surface area contributed by atoms with Crippen LogP contribution in [0.15, 0.2) is 77.6 Å². The van der Waals surface area contributed by atoms with Crippen molar-refractivity contribution in [2.75, 3.05) is 0 Å². The highest BCUT2D eigenvalue weighted by Crippen LogP contribution is 2.30. The number of fused-ring (bicyclic) bond motifs is 6. The van der Waals surface area contributed by atoms with Crippen LogP contribution in [-0.4, -0.2) is 18.9 Å². The topological polar surface area (TPSA) is 52.2 Å². The lowest BCUT2D eigenvalue weighted by Crippen LogP contribution is -2.15. The third kappa shape index (κ3) is 2.46. The molecular weight excluding hydrogens is 384 g/mol. The highest BCUT2D eigenvalue weighted by molar-refractivity contribution is 6.02. The molecule has 5 nitrogen and oxygen atoms in total. The van der Waals surface area contributed by atoms with Gasteiger partial charge in [0.05, 0.1) is 16.6 Å². The second-order valence-corrected chi connectivity index (χ2v) is 7.85. The zero-order valence-electron chi connectivity index (χ0n) is 17.3. The molecule has 0 saturated heterocycles. The number of para-hydroxylation sites is 3. The van der Waals surface area contributed by atoms with E-state index in [0.29, 0.717) is 28.6 Å². The molecule has 150 valence electrons. The van der Waals surface area contributed by atoms with Gasteiger partial charge in [-0.15, -0.1) is 0 Å². The summed E-state index contributed by atoms with van der Waals surface area (Å²) in [7, 11) is 0. The van der Waals surface area contributed by atoms with Gasteiger partial charge in [0.15, 0.2) is 11.3 Å². The molecule has 6 aromatic rings. The van der Waals surface area contributed by atoms with E-state index >= 15 is 0 Å². The van der Waals surface area contributed by atoms with E-state index in [2.05, 4.69) is 36.6 Å². The van der Waals surface area contributed by atoms with Crippen molar-refractivity contribution in [2.24, 2.45) is 0 Å². The number of nitrogens with zero attached hydrogens (tertiary/aromatic N) is 4. The highest BCUT2D eigenvalue weighted by atomic mass is 16.1. The van der Waals surface area contributed by atoms with E-state index in [0.717, 1.165) is 33.5 Å². The Morgan fingerprint density at radius 2 is 1.61 bits per heavy atom. The Kier molecular flexibility index (Phi) is 3.74. The van der Waals surface area contributed by atoms with Crippen LogP contribution in [0, 0.1) is 6.92 Å². The van der Waals surface area contributed by atoms with E-state index < -0.39 is 0 Å². The van der Waals surface area contributed by atoms with Crippen molar-refractivity contribution in [3.63, 3.8) is 0 Å². The minimum absolute atomic E-state index is 0.0288. The third-order valence-electron chi connectivity index (χ3n) is 5.95. The first-order valence-electron chi connectivity index (χ1n) is 10.5. The Balaban J connectivity index is 1.94. The molecule has 0 amide bonds. The summed E-state index contributed by atoms with van der Waals surface area (Å²) in [5.41, 5.74) is 6.14. The summed E-state index contributed by atoms with van der Waals surface area (Å²) in [6.45, 7) is 4.85. The van der Waals surface area contributed by atoms with E-state index in [4.69, 9.17) is 9.97 Å². The van der Waals surface area contributed by atoms with E-state index in [1.807, 2.05) is 59.0 Å². The molecule has 3 aromatic carbocycles. The number of pyridine rings is 1. The molecule has 31 heavy (non-hydrogen) atoms. The molecule has 0 saturated carbocycles. The van der Waals surface area contributed by atoms with Gasteiger partial charge >= 0.3 is 0 Å².